The molecule has 0 saturated heterocycles. The number of benzene rings is 3. The van der Waals surface area contributed by atoms with Gasteiger partial charge in [0.2, 0.25) is 0 Å². The molecular formula is C20H14ClN3O4. The Balaban J connectivity index is 1.58. The molecule has 1 N–H and O–H groups in total. The van der Waals surface area contributed by atoms with Gasteiger partial charge in [-0.1, -0.05) is 23.7 Å². The van der Waals surface area contributed by atoms with E-state index in [0.29, 0.717) is 22.0 Å². The van der Waals surface area contributed by atoms with E-state index in [1.807, 2.05) is 0 Å². The topological polar surface area (TPSA) is 93.8 Å². The number of ether oxygens (including phenoxy) is 1. The van der Waals surface area contributed by atoms with E-state index >= 15 is 0 Å². The summed E-state index contributed by atoms with van der Waals surface area (Å²) in [6, 6.07) is 19.3. The number of nitrogens with zero attached hydrogens (tertiary/aromatic N) is 2. The zero-order valence-electron chi connectivity index (χ0n) is 14.4. The Kier molecular flexibility index (Phi) is 5.98. The van der Waals surface area contributed by atoms with Crippen molar-refractivity contribution in [3.8, 4) is 5.75 Å². The molecule has 28 heavy (non-hydrogen) atoms. The first-order chi connectivity index (χ1) is 13.5. The van der Waals surface area contributed by atoms with Crippen LogP contribution in [0.3, 0.4) is 0 Å². The van der Waals surface area contributed by atoms with E-state index in [1.54, 1.807) is 66.9 Å². The van der Waals surface area contributed by atoms with Gasteiger partial charge in [0.1, 0.15) is 5.75 Å². The molecule has 0 spiro atoms. The van der Waals surface area contributed by atoms with Gasteiger partial charge in [-0.2, -0.15) is 5.10 Å². The van der Waals surface area contributed by atoms with Gasteiger partial charge in [0, 0.05) is 12.1 Å². The summed E-state index contributed by atoms with van der Waals surface area (Å²) in [7, 11) is 0. The zero-order chi connectivity index (χ0) is 19.9. The van der Waals surface area contributed by atoms with Gasteiger partial charge in [-0.15, -0.1) is 0 Å². The van der Waals surface area contributed by atoms with Gasteiger partial charge >= 0.3 is 5.97 Å². The summed E-state index contributed by atoms with van der Waals surface area (Å²) >= 11 is 5.98. The predicted molar refractivity (Wildman–Crippen MR) is 107 cm³/mol. The molecule has 0 atom stereocenters. The number of halogens is 1. The Labute approximate surface area is 165 Å². The quantitative estimate of drug-likeness (QED) is 0.210. The molecule has 3 rings (SSSR count). The Bertz CT molecular complexity index is 1020. The van der Waals surface area contributed by atoms with Crippen LogP contribution in [0.2, 0.25) is 5.02 Å². The first-order valence-corrected chi connectivity index (χ1v) is 8.51. The average Bonchev–Trinajstić information content (AvgIpc) is 2.70. The molecule has 140 valence electrons. The van der Waals surface area contributed by atoms with Gasteiger partial charge in [0.05, 0.1) is 27.4 Å². The highest BCUT2D eigenvalue weighted by atomic mass is 35.5. The van der Waals surface area contributed by atoms with E-state index in [-0.39, 0.29) is 5.69 Å². The van der Waals surface area contributed by atoms with Crippen molar-refractivity contribution in [2.45, 2.75) is 0 Å². The van der Waals surface area contributed by atoms with Crippen molar-refractivity contribution in [2.75, 3.05) is 5.43 Å². The molecule has 0 bridgehead atoms. The lowest BCUT2D eigenvalue weighted by atomic mass is 10.2. The number of hydrazone groups is 1. The molecule has 7 nitrogen and oxygen atoms in total. The standard InChI is InChI=1S/C20H14ClN3O4/c21-19-4-2-1-3-18(19)20(25)28-17-11-5-14(6-12-17)13-22-23-15-7-9-16(10-8-15)24(26)27/h1-13,23H/b22-13-. The smallest absolute Gasteiger partial charge is 0.345 e. The number of esters is 1. The molecule has 0 aliphatic rings. The van der Waals surface area contributed by atoms with Crippen LogP contribution in [0.25, 0.3) is 0 Å². The molecule has 0 fully saturated rings. The lowest BCUT2D eigenvalue weighted by Crippen LogP contribution is -2.08. The summed E-state index contributed by atoms with van der Waals surface area (Å²) in [4.78, 5) is 22.3. The molecule has 0 radical (unpaired) electrons. The molecule has 0 aliphatic carbocycles. The van der Waals surface area contributed by atoms with E-state index < -0.39 is 10.9 Å². The highest BCUT2D eigenvalue weighted by Crippen LogP contribution is 2.19. The molecule has 3 aromatic carbocycles. The molecule has 3 aromatic rings. The van der Waals surface area contributed by atoms with Crippen molar-refractivity contribution in [1.29, 1.82) is 0 Å². The average molecular weight is 396 g/mol. The molecule has 0 amide bonds. The van der Waals surface area contributed by atoms with Crippen molar-refractivity contribution < 1.29 is 14.5 Å². The van der Waals surface area contributed by atoms with Crippen molar-refractivity contribution in [3.63, 3.8) is 0 Å². The number of nitrogens with one attached hydrogen (secondary N) is 1. The van der Waals surface area contributed by atoms with Gasteiger partial charge < -0.3 is 4.74 Å². The number of nitro groups is 1. The van der Waals surface area contributed by atoms with Crippen molar-refractivity contribution in [1.82, 2.24) is 0 Å². The first-order valence-electron chi connectivity index (χ1n) is 8.13. The van der Waals surface area contributed by atoms with E-state index in [0.717, 1.165) is 5.56 Å². The van der Waals surface area contributed by atoms with Gasteiger partial charge in [0.25, 0.3) is 5.69 Å². The number of anilines is 1. The summed E-state index contributed by atoms with van der Waals surface area (Å²) in [5.74, 6) is -0.155. The minimum absolute atomic E-state index is 0.0106. The molecule has 0 unspecified atom stereocenters. The fourth-order valence-corrected chi connectivity index (χ4v) is 2.46. The normalized spacial score (nSPS) is 10.6. The van der Waals surface area contributed by atoms with E-state index in [1.165, 1.54) is 12.1 Å². The number of rotatable bonds is 6. The van der Waals surface area contributed by atoms with Crippen molar-refractivity contribution in [3.05, 3.63) is 99.1 Å². The number of hydrogen-bond acceptors (Lipinski definition) is 6. The fourth-order valence-electron chi connectivity index (χ4n) is 2.25. The zero-order valence-corrected chi connectivity index (χ0v) is 15.2. The van der Waals surface area contributed by atoms with Gasteiger partial charge in [-0.05, 0) is 54.1 Å². The second-order valence-electron chi connectivity index (χ2n) is 5.61. The van der Waals surface area contributed by atoms with E-state index in [9.17, 15) is 14.9 Å². The largest absolute Gasteiger partial charge is 0.423 e. The highest BCUT2D eigenvalue weighted by molar-refractivity contribution is 6.33. The van der Waals surface area contributed by atoms with Crippen LogP contribution in [0, 0.1) is 10.1 Å². The summed E-state index contributed by atoms with van der Waals surface area (Å²) < 4.78 is 5.30. The molecule has 0 aliphatic heterocycles. The summed E-state index contributed by atoms with van der Waals surface area (Å²) in [5, 5.41) is 15.0. The maximum Gasteiger partial charge on any atom is 0.345 e. The van der Waals surface area contributed by atoms with Gasteiger partial charge in [-0.25, -0.2) is 4.79 Å². The molecule has 0 heterocycles. The van der Waals surface area contributed by atoms with Crippen LogP contribution < -0.4 is 10.2 Å². The van der Waals surface area contributed by atoms with E-state index in [4.69, 9.17) is 16.3 Å². The third-order valence-corrected chi connectivity index (χ3v) is 4.00. The minimum Gasteiger partial charge on any atom is -0.423 e. The van der Waals surface area contributed by atoms with Crippen molar-refractivity contribution in [2.24, 2.45) is 5.10 Å². The SMILES string of the molecule is O=C(Oc1ccc(/C=N\Nc2ccc([N+](=O)[O-])cc2)cc1)c1ccccc1Cl. The third-order valence-electron chi connectivity index (χ3n) is 3.67. The summed E-state index contributed by atoms with van der Waals surface area (Å²) in [6.07, 6.45) is 1.57. The van der Waals surface area contributed by atoms with Crippen LogP contribution in [0.5, 0.6) is 5.75 Å². The molecular weight excluding hydrogens is 382 g/mol. The summed E-state index contributed by atoms with van der Waals surface area (Å²) in [6.45, 7) is 0. The second-order valence-corrected chi connectivity index (χ2v) is 6.02. The van der Waals surface area contributed by atoms with Crippen LogP contribution in [0.15, 0.2) is 77.9 Å². The van der Waals surface area contributed by atoms with Crippen LogP contribution >= 0.6 is 11.6 Å². The Hall–Kier alpha value is -3.71. The third kappa shape index (κ3) is 4.93. The van der Waals surface area contributed by atoms with Crippen molar-refractivity contribution >= 4 is 35.2 Å². The monoisotopic (exact) mass is 395 g/mol. The number of hydrogen-bond donors (Lipinski definition) is 1. The molecule has 0 saturated carbocycles. The first kappa shape index (κ1) is 19.1. The lowest BCUT2D eigenvalue weighted by molar-refractivity contribution is -0.384. The van der Waals surface area contributed by atoms with Crippen LogP contribution in [0.4, 0.5) is 11.4 Å². The summed E-state index contributed by atoms with van der Waals surface area (Å²) in [5.41, 5.74) is 4.47. The maximum atomic E-state index is 12.1. The van der Waals surface area contributed by atoms with Gasteiger partial charge in [-0.3, -0.25) is 15.5 Å². The molecule has 0 aromatic heterocycles. The van der Waals surface area contributed by atoms with E-state index in [2.05, 4.69) is 10.5 Å². The highest BCUT2D eigenvalue weighted by Gasteiger charge is 2.11. The minimum atomic E-state index is -0.535. The number of carbonyl (C=O) groups is 1. The van der Waals surface area contributed by atoms with Crippen LogP contribution in [0.1, 0.15) is 15.9 Å². The predicted octanol–water partition coefficient (Wildman–Crippen LogP) is 4.91. The lowest BCUT2D eigenvalue weighted by Gasteiger charge is -2.06. The second kappa shape index (κ2) is 8.79. The Morgan fingerprint density at radius 2 is 1.71 bits per heavy atom. The Morgan fingerprint density at radius 1 is 1.04 bits per heavy atom. The number of carbonyl (C=O) groups excluding carboxylic acids is 1. The van der Waals surface area contributed by atoms with Gasteiger partial charge in [0.15, 0.2) is 0 Å². The maximum absolute atomic E-state index is 12.1. The molecule has 8 heteroatoms. The number of non-ortho nitro benzene ring substituents is 1. The van der Waals surface area contributed by atoms with Crippen LogP contribution in [-0.2, 0) is 0 Å². The fraction of sp³-hybridized carbons (Fsp3) is 0. The Morgan fingerprint density at radius 3 is 2.36 bits per heavy atom. The number of nitro benzene ring substituents is 1. The van der Waals surface area contributed by atoms with Crippen LogP contribution in [-0.4, -0.2) is 17.1 Å².